The first kappa shape index (κ1) is 17.7. The van der Waals surface area contributed by atoms with Crippen molar-refractivity contribution < 1.29 is 4.79 Å². The number of nitrogens with one attached hydrogen (secondary N) is 2. The van der Waals surface area contributed by atoms with Gasteiger partial charge in [0.05, 0.1) is 11.0 Å². The minimum Gasteiger partial charge on any atom is -0.328 e. The smallest absolute Gasteiger partial charge is 0.253 e. The number of benzene rings is 1. The lowest BCUT2D eigenvalue weighted by atomic mass is 9.87. The van der Waals surface area contributed by atoms with Crippen LogP contribution in [0, 0.1) is 5.92 Å². The summed E-state index contributed by atoms with van der Waals surface area (Å²) in [4.78, 5) is 20.5. The lowest BCUT2D eigenvalue weighted by Crippen LogP contribution is -2.60. The Bertz CT molecular complexity index is 767. The first-order valence-electron chi connectivity index (χ1n) is 8.69. The summed E-state index contributed by atoms with van der Waals surface area (Å²) in [5.41, 5.74) is 2.29. The number of thioether (sulfide) groups is 1. The van der Waals surface area contributed by atoms with Gasteiger partial charge in [-0.05, 0) is 12.1 Å². The van der Waals surface area contributed by atoms with E-state index < -0.39 is 0 Å². The summed E-state index contributed by atoms with van der Waals surface area (Å²) in [5.74, 6) is 1.44. The summed E-state index contributed by atoms with van der Waals surface area (Å²) >= 11 is 3.45. The molecule has 0 bridgehead atoms. The van der Waals surface area contributed by atoms with Crippen molar-refractivity contribution in [2.75, 3.05) is 25.4 Å². The lowest BCUT2D eigenvalue weighted by molar-refractivity contribution is 0.0933. The van der Waals surface area contributed by atoms with E-state index in [2.05, 4.69) is 27.1 Å². The Morgan fingerprint density at radius 3 is 3.04 bits per heavy atom. The first-order valence-corrected chi connectivity index (χ1v) is 10.6. The number of carbonyl (C=O) groups excluding carboxylic acids is 1. The number of nitrogens with zero attached hydrogens (tertiary/aromatic N) is 2. The third kappa shape index (κ3) is 3.32. The van der Waals surface area contributed by atoms with Gasteiger partial charge < -0.3 is 5.32 Å². The summed E-state index contributed by atoms with van der Waals surface area (Å²) in [6.07, 6.45) is 3.92. The van der Waals surface area contributed by atoms with Crippen LogP contribution >= 0.6 is 23.1 Å². The van der Waals surface area contributed by atoms with E-state index >= 15 is 0 Å². The van der Waals surface area contributed by atoms with E-state index in [4.69, 9.17) is 0 Å². The van der Waals surface area contributed by atoms with Crippen LogP contribution in [-0.2, 0) is 5.54 Å². The van der Waals surface area contributed by atoms with E-state index in [0.29, 0.717) is 11.5 Å². The number of likely N-dealkylation sites (tertiary alicyclic amines) is 1. The first-order chi connectivity index (χ1) is 12.7. The molecule has 0 aliphatic carbocycles. The molecule has 2 saturated heterocycles. The molecular weight excluding hydrogens is 364 g/mol. The number of thiazole rings is 1. The van der Waals surface area contributed by atoms with Gasteiger partial charge in [0.2, 0.25) is 0 Å². The van der Waals surface area contributed by atoms with Crippen molar-refractivity contribution in [2.45, 2.75) is 11.0 Å². The second-order valence-corrected chi connectivity index (χ2v) is 8.74. The standard InChI is InChI=1S/C19H22N4OS2/c1-2-8-23-10-15-11-25-18(21-17(24)14-6-4-3-5-7-14)22-19(15,12-23)16-9-20-13-26-16/h2-7,9,13,15,18,22H,1,8,10-12H2,(H,21,24). The molecule has 4 rings (SSSR count). The predicted octanol–water partition coefficient (Wildman–Crippen LogP) is 2.51. The Morgan fingerprint density at radius 2 is 2.31 bits per heavy atom. The van der Waals surface area contributed by atoms with Crippen LogP contribution in [0.15, 0.2) is 54.7 Å². The zero-order chi connectivity index (χ0) is 18.0. The van der Waals surface area contributed by atoms with Crippen molar-refractivity contribution in [1.29, 1.82) is 0 Å². The molecule has 2 aliphatic rings. The number of carbonyl (C=O) groups is 1. The van der Waals surface area contributed by atoms with Gasteiger partial charge in [0.25, 0.3) is 5.91 Å². The number of fused-ring (bicyclic) bond motifs is 1. The van der Waals surface area contributed by atoms with Gasteiger partial charge in [-0.2, -0.15) is 0 Å². The van der Waals surface area contributed by atoms with Crippen LogP contribution in [-0.4, -0.2) is 46.7 Å². The third-order valence-corrected chi connectivity index (χ3v) is 7.17. The van der Waals surface area contributed by atoms with Gasteiger partial charge in [0, 0.05) is 47.9 Å². The van der Waals surface area contributed by atoms with Crippen molar-refractivity contribution >= 4 is 29.0 Å². The molecule has 2 N–H and O–H groups in total. The molecule has 7 heteroatoms. The molecule has 26 heavy (non-hydrogen) atoms. The van der Waals surface area contributed by atoms with Crippen LogP contribution in [0.2, 0.25) is 0 Å². The predicted molar refractivity (Wildman–Crippen MR) is 107 cm³/mol. The zero-order valence-corrected chi connectivity index (χ0v) is 16.1. The molecular formula is C19H22N4OS2. The number of aromatic nitrogens is 1. The normalized spacial score (nSPS) is 28.5. The second-order valence-electron chi connectivity index (χ2n) is 6.71. The summed E-state index contributed by atoms with van der Waals surface area (Å²) in [6, 6.07) is 9.36. The summed E-state index contributed by atoms with van der Waals surface area (Å²) in [7, 11) is 0. The van der Waals surface area contributed by atoms with E-state index in [1.807, 2.05) is 48.1 Å². The second kappa shape index (κ2) is 7.52. The van der Waals surface area contributed by atoms with Crippen LogP contribution in [0.5, 0.6) is 0 Å². The average Bonchev–Trinajstić information content (AvgIpc) is 3.30. The van der Waals surface area contributed by atoms with Crippen LogP contribution in [0.25, 0.3) is 0 Å². The minimum absolute atomic E-state index is 0.0468. The highest BCUT2D eigenvalue weighted by molar-refractivity contribution is 7.99. The van der Waals surface area contributed by atoms with E-state index in [9.17, 15) is 4.79 Å². The van der Waals surface area contributed by atoms with Crippen molar-refractivity contribution in [2.24, 2.45) is 5.92 Å². The van der Waals surface area contributed by atoms with Gasteiger partial charge in [-0.3, -0.25) is 20.0 Å². The van der Waals surface area contributed by atoms with E-state index in [0.717, 1.165) is 25.4 Å². The molecule has 5 nitrogen and oxygen atoms in total. The molecule has 2 aromatic rings. The molecule has 1 aromatic carbocycles. The third-order valence-electron chi connectivity index (χ3n) is 5.06. The molecule has 0 saturated carbocycles. The van der Waals surface area contributed by atoms with E-state index in [-0.39, 0.29) is 16.9 Å². The van der Waals surface area contributed by atoms with Crippen LogP contribution in [0.1, 0.15) is 15.2 Å². The fourth-order valence-electron chi connectivity index (χ4n) is 3.84. The number of hydrogen-bond acceptors (Lipinski definition) is 6. The van der Waals surface area contributed by atoms with Crippen molar-refractivity contribution in [3.8, 4) is 0 Å². The molecule has 2 aliphatic heterocycles. The summed E-state index contributed by atoms with van der Waals surface area (Å²) in [5, 5.41) is 6.89. The Hall–Kier alpha value is -1.67. The quantitative estimate of drug-likeness (QED) is 0.774. The number of amides is 1. The van der Waals surface area contributed by atoms with Gasteiger partial charge in [-0.25, -0.2) is 0 Å². The molecule has 0 radical (unpaired) electrons. The van der Waals surface area contributed by atoms with Crippen molar-refractivity contribution in [3.63, 3.8) is 0 Å². The molecule has 3 atom stereocenters. The van der Waals surface area contributed by atoms with Gasteiger partial charge in [-0.1, -0.05) is 24.3 Å². The fourth-order valence-corrected chi connectivity index (χ4v) is 5.99. The minimum atomic E-state index is -0.163. The molecule has 0 spiro atoms. The zero-order valence-electron chi connectivity index (χ0n) is 14.4. The van der Waals surface area contributed by atoms with Crippen molar-refractivity contribution in [1.82, 2.24) is 20.5 Å². The van der Waals surface area contributed by atoms with Gasteiger partial charge >= 0.3 is 0 Å². The molecule has 3 heterocycles. The summed E-state index contributed by atoms with van der Waals surface area (Å²) < 4.78 is 0. The SMILES string of the molecule is C=CCN1CC2CSC(NC(=O)c3ccccc3)NC2(c2cncs2)C1. The Kier molecular flexibility index (Phi) is 5.13. The monoisotopic (exact) mass is 386 g/mol. The maximum absolute atomic E-state index is 12.6. The molecule has 3 unspecified atom stereocenters. The van der Waals surface area contributed by atoms with Crippen LogP contribution in [0.3, 0.4) is 0 Å². The number of rotatable bonds is 5. The maximum atomic E-state index is 12.6. The Labute approximate surface area is 161 Å². The largest absolute Gasteiger partial charge is 0.328 e. The Morgan fingerprint density at radius 1 is 1.46 bits per heavy atom. The highest BCUT2D eigenvalue weighted by Crippen LogP contribution is 2.44. The van der Waals surface area contributed by atoms with E-state index in [1.165, 1.54) is 4.88 Å². The Balaban J connectivity index is 1.54. The maximum Gasteiger partial charge on any atom is 0.253 e. The average molecular weight is 387 g/mol. The van der Waals surface area contributed by atoms with Crippen LogP contribution < -0.4 is 10.6 Å². The van der Waals surface area contributed by atoms with Gasteiger partial charge in [0.15, 0.2) is 0 Å². The topological polar surface area (TPSA) is 57.3 Å². The highest BCUT2D eigenvalue weighted by atomic mass is 32.2. The molecule has 1 aromatic heterocycles. The lowest BCUT2D eigenvalue weighted by Gasteiger charge is -2.42. The fraction of sp³-hybridized carbons (Fsp3) is 0.368. The van der Waals surface area contributed by atoms with Crippen molar-refractivity contribution in [3.05, 3.63) is 65.1 Å². The molecule has 136 valence electrons. The van der Waals surface area contributed by atoms with Gasteiger partial charge in [0.1, 0.15) is 5.50 Å². The highest BCUT2D eigenvalue weighted by Gasteiger charge is 2.52. The van der Waals surface area contributed by atoms with Gasteiger partial charge in [-0.15, -0.1) is 29.7 Å². The molecule has 2 fully saturated rings. The van der Waals surface area contributed by atoms with E-state index in [1.54, 1.807) is 23.1 Å². The molecule has 1 amide bonds. The number of hydrogen-bond donors (Lipinski definition) is 2. The summed E-state index contributed by atoms with van der Waals surface area (Å²) in [6.45, 7) is 6.70. The van der Waals surface area contributed by atoms with Crippen LogP contribution in [0.4, 0.5) is 0 Å².